The molecular weight excluding hydrogens is 422 g/mol. The van der Waals surface area contributed by atoms with Gasteiger partial charge in [-0.3, -0.25) is 4.79 Å². The number of hydrogen-bond acceptors (Lipinski definition) is 5. The predicted octanol–water partition coefficient (Wildman–Crippen LogP) is 4.70. The Morgan fingerprint density at radius 2 is 1.97 bits per heavy atom. The number of aromatic nitrogens is 4. The summed E-state index contributed by atoms with van der Waals surface area (Å²) in [5.41, 5.74) is 1.27. The summed E-state index contributed by atoms with van der Waals surface area (Å²) >= 11 is 1.17. The number of H-pyrrole nitrogens is 1. The van der Waals surface area contributed by atoms with Crippen molar-refractivity contribution in [2.24, 2.45) is 23.7 Å². The Balaban J connectivity index is 1.58. The van der Waals surface area contributed by atoms with E-state index in [-0.39, 0.29) is 40.7 Å². The molecule has 3 saturated carbocycles. The highest BCUT2D eigenvalue weighted by atomic mass is 32.2. The molecule has 0 aromatic carbocycles. The number of halogens is 2. The highest BCUT2D eigenvalue weighted by Crippen LogP contribution is 2.50. The van der Waals surface area contributed by atoms with Crippen LogP contribution in [0.1, 0.15) is 31.4 Å². The lowest BCUT2D eigenvalue weighted by Gasteiger charge is -2.46. The minimum Gasteiger partial charge on any atom is -0.481 e. The molecule has 0 amide bonds. The summed E-state index contributed by atoms with van der Waals surface area (Å²) in [6, 6.07) is 1.35. The van der Waals surface area contributed by atoms with Crippen molar-refractivity contribution >= 4 is 28.8 Å². The number of thioether (sulfide) groups is 1. The van der Waals surface area contributed by atoms with E-state index in [2.05, 4.69) is 19.9 Å². The van der Waals surface area contributed by atoms with Crippen molar-refractivity contribution in [2.75, 3.05) is 6.26 Å². The van der Waals surface area contributed by atoms with E-state index in [0.29, 0.717) is 16.6 Å². The Labute approximate surface area is 181 Å². The smallest absolute Gasteiger partial charge is 0.307 e. The summed E-state index contributed by atoms with van der Waals surface area (Å²) in [6.45, 7) is 0. The normalized spacial score (nSPS) is 25.3. The Hall–Kier alpha value is -2.55. The summed E-state index contributed by atoms with van der Waals surface area (Å²) in [5, 5.41) is 10.6. The third kappa shape index (κ3) is 3.48. The molecule has 3 heterocycles. The van der Waals surface area contributed by atoms with Gasteiger partial charge in [-0.15, -0.1) is 11.8 Å². The molecule has 0 aliphatic heterocycles. The van der Waals surface area contributed by atoms with Crippen LogP contribution in [0.4, 0.5) is 8.78 Å². The van der Waals surface area contributed by atoms with Crippen LogP contribution >= 0.6 is 11.8 Å². The molecule has 0 spiro atoms. The van der Waals surface area contributed by atoms with Crippen LogP contribution in [0, 0.1) is 35.3 Å². The van der Waals surface area contributed by atoms with Crippen molar-refractivity contribution in [1.29, 1.82) is 0 Å². The van der Waals surface area contributed by atoms with Gasteiger partial charge in [-0.25, -0.2) is 23.7 Å². The van der Waals surface area contributed by atoms with Crippen molar-refractivity contribution in [3.8, 4) is 11.4 Å². The van der Waals surface area contributed by atoms with Crippen molar-refractivity contribution in [3.63, 3.8) is 0 Å². The van der Waals surface area contributed by atoms with Crippen molar-refractivity contribution in [1.82, 2.24) is 19.9 Å². The quantitative estimate of drug-likeness (QED) is 0.438. The van der Waals surface area contributed by atoms with Gasteiger partial charge in [0.1, 0.15) is 16.5 Å². The zero-order valence-corrected chi connectivity index (χ0v) is 17.8. The molecule has 9 heteroatoms. The number of aliphatic carboxylic acids is 1. The standard InChI is InChI=1S/C22H22F2N4O2S/c1-31-21-18(24)16(7-13-10-2-4-11(5-3-10)17(13)22(29)30)27-20(28-21)15-9-26-19-14(15)6-12(23)8-25-19/h6,8-11,13,17H,2-5,7H2,1H3,(H,25,26)(H,29,30). The van der Waals surface area contributed by atoms with Gasteiger partial charge in [0.05, 0.1) is 17.8 Å². The van der Waals surface area contributed by atoms with Crippen LogP contribution in [0.2, 0.25) is 0 Å². The first-order valence-electron chi connectivity index (χ1n) is 10.4. The van der Waals surface area contributed by atoms with E-state index >= 15 is 4.39 Å². The molecule has 2 N–H and O–H groups in total. The summed E-state index contributed by atoms with van der Waals surface area (Å²) in [4.78, 5) is 27.9. The number of hydrogen-bond donors (Lipinski definition) is 2. The number of pyridine rings is 1. The minimum atomic E-state index is -0.794. The Morgan fingerprint density at radius 1 is 1.23 bits per heavy atom. The van der Waals surface area contributed by atoms with E-state index in [1.54, 1.807) is 12.5 Å². The van der Waals surface area contributed by atoms with Gasteiger partial charge in [0.2, 0.25) is 0 Å². The Morgan fingerprint density at radius 3 is 2.68 bits per heavy atom. The first-order chi connectivity index (χ1) is 15.0. The summed E-state index contributed by atoms with van der Waals surface area (Å²) < 4.78 is 29.0. The molecule has 2 unspecified atom stereocenters. The molecule has 3 aliphatic rings. The number of fused-ring (bicyclic) bond motifs is 4. The molecule has 2 atom stereocenters. The summed E-state index contributed by atoms with van der Waals surface area (Å²) in [7, 11) is 0. The van der Waals surface area contributed by atoms with Crippen LogP contribution in [-0.4, -0.2) is 37.3 Å². The second kappa shape index (κ2) is 7.85. The van der Waals surface area contributed by atoms with Gasteiger partial charge < -0.3 is 10.1 Å². The van der Waals surface area contributed by atoms with Crippen LogP contribution < -0.4 is 0 Å². The maximum atomic E-state index is 15.2. The van der Waals surface area contributed by atoms with Gasteiger partial charge in [0.25, 0.3) is 0 Å². The van der Waals surface area contributed by atoms with E-state index in [9.17, 15) is 14.3 Å². The molecule has 162 valence electrons. The molecule has 6 nitrogen and oxygen atoms in total. The molecular formula is C22H22F2N4O2S. The zero-order chi connectivity index (χ0) is 21.7. The Bertz CT molecular complexity index is 1160. The van der Waals surface area contributed by atoms with Crippen molar-refractivity contribution in [2.45, 2.75) is 37.1 Å². The predicted molar refractivity (Wildman–Crippen MR) is 113 cm³/mol. The Kier molecular flexibility index (Phi) is 5.16. The highest BCUT2D eigenvalue weighted by molar-refractivity contribution is 7.98. The first kappa shape index (κ1) is 20.4. The largest absolute Gasteiger partial charge is 0.481 e. The molecule has 31 heavy (non-hydrogen) atoms. The molecule has 3 aromatic heterocycles. The number of aromatic amines is 1. The second-order valence-corrected chi connectivity index (χ2v) is 9.27. The first-order valence-corrected chi connectivity index (χ1v) is 11.6. The molecule has 6 rings (SSSR count). The number of carboxylic acid groups (broad SMARTS) is 1. The maximum absolute atomic E-state index is 15.2. The monoisotopic (exact) mass is 444 g/mol. The van der Waals surface area contributed by atoms with Crippen LogP contribution in [0.3, 0.4) is 0 Å². The van der Waals surface area contributed by atoms with Gasteiger partial charge in [0.15, 0.2) is 11.6 Å². The van der Waals surface area contributed by atoms with Crippen molar-refractivity contribution < 1.29 is 18.7 Å². The fraction of sp³-hybridized carbons (Fsp3) is 0.455. The molecule has 0 radical (unpaired) electrons. The van der Waals surface area contributed by atoms with E-state index in [1.807, 2.05) is 0 Å². The number of carbonyl (C=O) groups is 1. The number of nitrogens with zero attached hydrogens (tertiary/aromatic N) is 3. The van der Waals surface area contributed by atoms with Crippen LogP contribution in [0.25, 0.3) is 22.4 Å². The van der Waals surface area contributed by atoms with Gasteiger partial charge in [0, 0.05) is 17.1 Å². The van der Waals surface area contributed by atoms with Crippen LogP contribution in [0.5, 0.6) is 0 Å². The molecule has 3 aliphatic carbocycles. The van der Waals surface area contributed by atoms with Gasteiger partial charge >= 0.3 is 5.97 Å². The summed E-state index contributed by atoms with van der Waals surface area (Å²) in [5.74, 6) is -1.67. The van der Waals surface area contributed by atoms with E-state index in [1.165, 1.54) is 17.8 Å². The highest BCUT2D eigenvalue weighted by Gasteiger charge is 2.47. The van der Waals surface area contributed by atoms with E-state index < -0.39 is 23.5 Å². The summed E-state index contributed by atoms with van der Waals surface area (Å²) in [6.07, 6.45) is 8.60. The molecule has 0 saturated heterocycles. The number of rotatable bonds is 5. The molecule has 3 aromatic rings. The minimum absolute atomic E-state index is 0.140. The van der Waals surface area contributed by atoms with E-state index in [0.717, 1.165) is 31.9 Å². The topological polar surface area (TPSA) is 91.8 Å². The van der Waals surface area contributed by atoms with Crippen molar-refractivity contribution in [3.05, 3.63) is 35.8 Å². The van der Waals surface area contributed by atoms with Gasteiger partial charge in [-0.05, 0) is 62.2 Å². The third-order valence-electron chi connectivity index (χ3n) is 6.93. The average Bonchev–Trinajstić information content (AvgIpc) is 3.18. The lowest BCUT2D eigenvalue weighted by Crippen LogP contribution is -2.45. The molecule has 2 bridgehead atoms. The fourth-order valence-corrected chi connectivity index (χ4v) is 5.98. The second-order valence-electron chi connectivity index (χ2n) is 8.48. The average molecular weight is 445 g/mol. The van der Waals surface area contributed by atoms with Crippen LogP contribution in [0.15, 0.2) is 23.5 Å². The zero-order valence-electron chi connectivity index (χ0n) is 16.9. The third-order valence-corrected chi connectivity index (χ3v) is 7.58. The lowest BCUT2D eigenvalue weighted by molar-refractivity contribution is -0.152. The van der Waals surface area contributed by atoms with Crippen LogP contribution in [-0.2, 0) is 11.2 Å². The van der Waals surface area contributed by atoms with Gasteiger partial charge in [-0.1, -0.05) is 0 Å². The maximum Gasteiger partial charge on any atom is 0.307 e. The number of carboxylic acids is 1. The molecule has 3 fully saturated rings. The number of nitrogens with one attached hydrogen (secondary N) is 1. The lowest BCUT2D eigenvalue weighted by atomic mass is 9.57. The van der Waals surface area contributed by atoms with Gasteiger partial charge in [-0.2, -0.15) is 0 Å². The fourth-order valence-electron chi connectivity index (χ4n) is 5.50. The van der Waals surface area contributed by atoms with E-state index in [4.69, 9.17) is 0 Å². The SMILES string of the molecule is CSc1nc(-c2c[nH]c3ncc(F)cc23)nc(CC2C3CCC(CC3)C2C(=O)O)c1F.